The molecule has 4 nitrogen and oxygen atoms in total. The van der Waals surface area contributed by atoms with E-state index in [-0.39, 0.29) is 0 Å². The number of rotatable bonds is 5. The van der Waals surface area contributed by atoms with Crippen molar-refractivity contribution in [2.24, 2.45) is 0 Å². The molecule has 1 heterocycles. The lowest BCUT2D eigenvalue weighted by Gasteiger charge is -2.24. The minimum absolute atomic E-state index is 0.502. The van der Waals surface area contributed by atoms with Crippen molar-refractivity contribution in [2.45, 2.75) is 19.4 Å². The first-order valence-electron chi connectivity index (χ1n) is 6.18. The maximum absolute atomic E-state index is 10.5. The van der Waals surface area contributed by atoms with Crippen molar-refractivity contribution < 1.29 is 5.11 Å². The summed E-state index contributed by atoms with van der Waals surface area (Å²) >= 11 is 0. The van der Waals surface area contributed by atoms with E-state index in [1.807, 2.05) is 43.3 Å². The highest BCUT2D eigenvalue weighted by Gasteiger charge is 2.26. The standard InChI is InChI=1S/C14H19N3O/c1-3-15-11-14(2,18)13-9-10-16-17(13)12-7-5-4-6-8-12/h4-10,15,18H,3,11H2,1-2H3. The molecule has 2 aromatic rings. The first-order valence-corrected chi connectivity index (χ1v) is 6.18. The molecule has 0 fully saturated rings. The molecule has 0 spiro atoms. The fraction of sp³-hybridized carbons (Fsp3) is 0.357. The second-order valence-corrected chi connectivity index (χ2v) is 4.52. The van der Waals surface area contributed by atoms with E-state index in [2.05, 4.69) is 10.4 Å². The smallest absolute Gasteiger partial charge is 0.116 e. The molecule has 0 radical (unpaired) electrons. The monoisotopic (exact) mass is 245 g/mol. The van der Waals surface area contributed by atoms with E-state index < -0.39 is 5.60 Å². The number of benzene rings is 1. The van der Waals surface area contributed by atoms with Gasteiger partial charge in [-0.15, -0.1) is 0 Å². The molecule has 1 unspecified atom stereocenters. The van der Waals surface area contributed by atoms with Crippen LogP contribution in [0.25, 0.3) is 5.69 Å². The van der Waals surface area contributed by atoms with E-state index in [9.17, 15) is 5.11 Å². The Bertz CT molecular complexity index is 491. The molecule has 2 rings (SSSR count). The van der Waals surface area contributed by atoms with Gasteiger partial charge in [0.25, 0.3) is 0 Å². The molecule has 0 aliphatic rings. The Labute approximate surface area is 107 Å². The number of likely N-dealkylation sites (N-methyl/N-ethyl adjacent to an activating group) is 1. The van der Waals surface area contributed by atoms with Crippen molar-refractivity contribution in [3.8, 4) is 5.69 Å². The predicted octanol–water partition coefficient (Wildman–Crippen LogP) is 1.69. The van der Waals surface area contributed by atoms with Crippen LogP contribution in [0.5, 0.6) is 0 Å². The van der Waals surface area contributed by atoms with Crippen LogP contribution in [0.1, 0.15) is 19.5 Å². The molecule has 0 aliphatic carbocycles. The molecule has 2 N–H and O–H groups in total. The minimum Gasteiger partial charge on any atom is -0.383 e. The molecule has 4 heteroatoms. The van der Waals surface area contributed by atoms with Crippen LogP contribution in [-0.2, 0) is 5.60 Å². The van der Waals surface area contributed by atoms with Gasteiger partial charge in [-0.2, -0.15) is 5.10 Å². The van der Waals surface area contributed by atoms with Gasteiger partial charge in [-0.25, -0.2) is 4.68 Å². The largest absolute Gasteiger partial charge is 0.383 e. The zero-order chi connectivity index (χ0) is 13.0. The van der Waals surface area contributed by atoms with Crippen LogP contribution in [0.2, 0.25) is 0 Å². The van der Waals surface area contributed by atoms with E-state index in [0.717, 1.165) is 17.9 Å². The fourth-order valence-corrected chi connectivity index (χ4v) is 1.94. The lowest BCUT2D eigenvalue weighted by Crippen LogP contribution is -2.37. The number of hydrogen-bond acceptors (Lipinski definition) is 3. The third-order valence-electron chi connectivity index (χ3n) is 2.91. The molecule has 0 bridgehead atoms. The lowest BCUT2D eigenvalue weighted by molar-refractivity contribution is 0.0506. The zero-order valence-electron chi connectivity index (χ0n) is 10.8. The highest BCUT2D eigenvalue weighted by Crippen LogP contribution is 2.22. The Hall–Kier alpha value is -1.65. The van der Waals surface area contributed by atoms with Crippen LogP contribution < -0.4 is 5.32 Å². The Morgan fingerprint density at radius 1 is 1.28 bits per heavy atom. The Morgan fingerprint density at radius 2 is 2.00 bits per heavy atom. The fourth-order valence-electron chi connectivity index (χ4n) is 1.94. The number of nitrogens with one attached hydrogen (secondary N) is 1. The molecular weight excluding hydrogens is 226 g/mol. The number of aromatic nitrogens is 2. The maximum atomic E-state index is 10.5. The van der Waals surface area contributed by atoms with Crippen LogP contribution in [-0.4, -0.2) is 28.0 Å². The highest BCUT2D eigenvalue weighted by molar-refractivity contribution is 5.33. The molecule has 1 aromatic heterocycles. The summed E-state index contributed by atoms with van der Waals surface area (Å²) in [6.45, 7) is 5.15. The molecule has 0 amide bonds. The van der Waals surface area contributed by atoms with Crippen molar-refractivity contribution in [1.29, 1.82) is 0 Å². The zero-order valence-corrected chi connectivity index (χ0v) is 10.8. The summed E-state index contributed by atoms with van der Waals surface area (Å²) in [5.74, 6) is 0. The summed E-state index contributed by atoms with van der Waals surface area (Å²) in [4.78, 5) is 0. The average Bonchev–Trinajstić information content (AvgIpc) is 2.87. The van der Waals surface area contributed by atoms with E-state index >= 15 is 0 Å². The normalized spacial score (nSPS) is 14.4. The lowest BCUT2D eigenvalue weighted by atomic mass is 10.0. The van der Waals surface area contributed by atoms with E-state index in [1.54, 1.807) is 17.8 Å². The summed E-state index contributed by atoms with van der Waals surface area (Å²) in [5.41, 5.74) is 0.798. The van der Waals surface area contributed by atoms with Gasteiger partial charge in [0.1, 0.15) is 5.60 Å². The molecule has 1 atom stereocenters. The van der Waals surface area contributed by atoms with Gasteiger partial charge in [-0.1, -0.05) is 25.1 Å². The van der Waals surface area contributed by atoms with Gasteiger partial charge in [-0.3, -0.25) is 0 Å². The highest BCUT2D eigenvalue weighted by atomic mass is 16.3. The number of hydrogen-bond donors (Lipinski definition) is 2. The second-order valence-electron chi connectivity index (χ2n) is 4.52. The van der Waals surface area contributed by atoms with E-state index in [4.69, 9.17) is 0 Å². The molecule has 18 heavy (non-hydrogen) atoms. The Kier molecular flexibility index (Phi) is 3.79. The Morgan fingerprint density at radius 3 is 2.67 bits per heavy atom. The quantitative estimate of drug-likeness (QED) is 0.842. The van der Waals surface area contributed by atoms with Gasteiger partial charge < -0.3 is 10.4 Å². The third kappa shape index (κ3) is 2.60. The number of para-hydroxylation sites is 1. The Balaban J connectivity index is 2.33. The van der Waals surface area contributed by atoms with E-state index in [0.29, 0.717) is 6.54 Å². The first kappa shape index (κ1) is 12.8. The summed E-state index contributed by atoms with van der Waals surface area (Å²) in [5, 5.41) is 18.0. The third-order valence-corrected chi connectivity index (χ3v) is 2.91. The van der Waals surface area contributed by atoms with Gasteiger partial charge in [0.15, 0.2) is 0 Å². The number of nitrogens with zero attached hydrogens (tertiary/aromatic N) is 2. The molecule has 1 aromatic carbocycles. The van der Waals surface area contributed by atoms with Gasteiger partial charge in [0, 0.05) is 12.7 Å². The molecule has 96 valence electrons. The van der Waals surface area contributed by atoms with Crippen molar-refractivity contribution in [3.05, 3.63) is 48.3 Å². The number of aliphatic hydroxyl groups is 1. The summed E-state index contributed by atoms with van der Waals surface area (Å²) in [6.07, 6.45) is 1.71. The van der Waals surface area contributed by atoms with Gasteiger partial charge in [0.2, 0.25) is 0 Å². The van der Waals surface area contributed by atoms with Crippen molar-refractivity contribution in [1.82, 2.24) is 15.1 Å². The van der Waals surface area contributed by atoms with Crippen molar-refractivity contribution >= 4 is 0 Å². The SMILES string of the molecule is CCNCC(C)(O)c1ccnn1-c1ccccc1. The molecule has 0 saturated carbocycles. The van der Waals surface area contributed by atoms with E-state index in [1.165, 1.54) is 0 Å². The van der Waals surface area contributed by atoms with Gasteiger partial charge in [-0.05, 0) is 31.7 Å². The topological polar surface area (TPSA) is 50.1 Å². The summed E-state index contributed by atoms with van der Waals surface area (Å²) < 4.78 is 1.78. The molecular formula is C14H19N3O. The molecule has 0 aliphatic heterocycles. The summed E-state index contributed by atoms with van der Waals surface area (Å²) in [6, 6.07) is 11.7. The van der Waals surface area contributed by atoms with Crippen molar-refractivity contribution in [3.63, 3.8) is 0 Å². The van der Waals surface area contributed by atoms with Crippen LogP contribution >= 0.6 is 0 Å². The van der Waals surface area contributed by atoms with Crippen LogP contribution in [0.4, 0.5) is 0 Å². The second kappa shape index (κ2) is 5.33. The van der Waals surface area contributed by atoms with Gasteiger partial charge in [0.05, 0.1) is 11.4 Å². The maximum Gasteiger partial charge on any atom is 0.116 e. The average molecular weight is 245 g/mol. The van der Waals surface area contributed by atoms with Crippen LogP contribution in [0.15, 0.2) is 42.6 Å². The minimum atomic E-state index is -0.942. The van der Waals surface area contributed by atoms with Crippen molar-refractivity contribution in [2.75, 3.05) is 13.1 Å². The van der Waals surface area contributed by atoms with Crippen LogP contribution in [0.3, 0.4) is 0 Å². The first-order chi connectivity index (χ1) is 8.65. The van der Waals surface area contributed by atoms with Gasteiger partial charge >= 0.3 is 0 Å². The molecule has 0 saturated heterocycles. The van der Waals surface area contributed by atoms with Crippen LogP contribution in [0, 0.1) is 0 Å². The summed E-state index contributed by atoms with van der Waals surface area (Å²) in [7, 11) is 0. The predicted molar refractivity (Wildman–Crippen MR) is 71.7 cm³/mol.